The van der Waals surface area contributed by atoms with Gasteiger partial charge in [-0.2, -0.15) is 0 Å². The molecule has 0 saturated carbocycles. The van der Waals surface area contributed by atoms with Gasteiger partial charge in [0.25, 0.3) is 0 Å². The van der Waals surface area contributed by atoms with Gasteiger partial charge in [0.05, 0.1) is 48.9 Å². The first-order chi connectivity index (χ1) is 26.6. The fourth-order valence-electron chi connectivity index (χ4n) is 8.93. The highest BCUT2D eigenvalue weighted by Gasteiger charge is 2.58. The van der Waals surface area contributed by atoms with Crippen molar-refractivity contribution in [3.05, 3.63) is 0 Å². The van der Waals surface area contributed by atoms with E-state index >= 15 is 0 Å². The highest BCUT2D eigenvalue weighted by molar-refractivity contribution is 5.92. The van der Waals surface area contributed by atoms with Gasteiger partial charge in [-0.25, -0.2) is 0 Å². The summed E-state index contributed by atoms with van der Waals surface area (Å²) in [5.74, 6) is -5.69. The lowest BCUT2D eigenvalue weighted by atomic mass is 9.76. The topological polar surface area (TPSA) is 184 Å². The van der Waals surface area contributed by atoms with E-state index in [1.807, 2.05) is 39.8 Å². The Balaban J connectivity index is 1.82. The molecule has 16 nitrogen and oxygen atoms in total. The molecule has 4 saturated heterocycles. The molecule has 0 bridgehead atoms. The number of hydrogen-bond acceptors (Lipinski definition) is 16. The Hall–Kier alpha value is -2.73. The van der Waals surface area contributed by atoms with Crippen molar-refractivity contribution in [2.24, 2.45) is 29.6 Å². The summed E-state index contributed by atoms with van der Waals surface area (Å²) in [4.78, 5) is 67.4. The molecule has 0 aromatic rings. The predicted octanol–water partition coefficient (Wildman–Crippen LogP) is 3.62. The number of nitrogens with zero attached hydrogens (tertiary/aromatic N) is 1. The summed E-state index contributed by atoms with van der Waals surface area (Å²) < 4.78 is 61.5. The molecule has 0 aliphatic carbocycles. The Morgan fingerprint density at radius 3 is 1.82 bits per heavy atom. The highest BCUT2D eigenvalue weighted by Crippen LogP contribution is 2.44. The predicted molar refractivity (Wildman–Crippen MR) is 202 cm³/mol. The summed E-state index contributed by atoms with van der Waals surface area (Å²) in [5.41, 5.74) is -1.19. The third-order valence-electron chi connectivity index (χ3n) is 12.2. The largest absolute Gasteiger partial charge is 0.462 e. The summed E-state index contributed by atoms with van der Waals surface area (Å²) in [6.45, 7) is 18.5. The van der Waals surface area contributed by atoms with Crippen LogP contribution in [0, 0.1) is 29.6 Å². The summed E-state index contributed by atoms with van der Waals surface area (Å²) in [5, 5.41) is 0. The van der Waals surface area contributed by atoms with E-state index in [9.17, 15) is 24.0 Å². The van der Waals surface area contributed by atoms with Crippen LogP contribution in [0.15, 0.2) is 0 Å². The standard InChI is InChI=1S/C41H67NO15/c1-19-17-41(18-49-41)38(46)23(5)34(53-27(9)43)21(3)25(7)52-39(47)24(6)35(56-32-16-31(48-14)36(26(8)51-32)54-28(10)44)22(4)33(19)57-40-37(55-29(11)45)30(42(12)13)15-20(2)50-40/h19-26,30-37,40H,15-18H2,1-14H3/t19-,20+,21-,22+,23+,24+,25+,26-,30-,31-,32-,33?,34-,35-,36-,37+,40-,41+/m0/s1. The van der Waals surface area contributed by atoms with Crippen LogP contribution in [0.1, 0.15) is 95.4 Å². The minimum atomic E-state index is -1.19. The van der Waals surface area contributed by atoms with Crippen LogP contribution in [-0.2, 0) is 71.3 Å². The first-order valence-electron chi connectivity index (χ1n) is 20.3. The summed E-state index contributed by atoms with van der Waals surface area (Å²) in [6, 6.07) is -0.247. The van der Waals surface area contributed by atoms with Crippen molar-refractivity contribution < 1.29 is 71.3 Å². The maximum absolute atomic E-state index is 14.4. The van der Waals surface area contributed by atoms with Crippen LogP contribution in [0.3, 0.4) is 0 Å². The molecule has 1 unspecified atom stereocenters. The molecular formula is C41H67NO15. The lowest BCUT2D eigenvalue weighted by Crippen LogP contribution is -2.58. The zero-order valence-electron chi connectivity index (χ0n) is 36.2. The number of hydrogen-bond donors (Lipinski definition) is 0. The third-order valence-corrected chi connectivity index (χ3v) is 12.2. The van der Waals surface area contributed by atoms with E-state index in [1.165, 1.54) is 27.9 Å². The molecule has 326 valence electrons. The Morgan fingerprint density at radius 2 is 1.28 bits per heavy atom. The molecule has 0 amide bonds. The average molecular weight is 814 g/mol. The summed E-state index contributed by atoms with van der Waals surface area (Å²) in [7, 11) is 5.31. The molecule has 4 heterocycles. The number of cyclic esters (lactones) is 1. The van der Waals surface area contributed by atoms with Crippen LogP contribution in [0.25, 0.3) is 0 Å². The van der Waals surface area contributed by atoms with Gasteiger partial charge in [-0.3, -0.25) is 24.0 Å². The number of rotatable bonds is 9. The molecule has 16 heteroatoms. The van der Waals surface area contributed by atoms with E-state index in [1.54, 1.807) is 34.6 Å². The molecule has 4 rings (SSSR count). The summed E-state index contributed by atoms with van der Waals surface area (Å²) in [6.07, 6.45) is -7.35. The first kappa shape index (κ1) is 47.0. The SMILES string of the molecule is CO[C@H]1C[C@H](O[C@H]2[C@H](C)C(O[C@@H]3O[C@H](C)C[C@H](N(C)C)[C@H]3OC(C)=O)[C@@H](C)C[C@@]3(CO3)C(=O)[C@H](C)[C@@H](OC(C)=O)[C@@H](C)[C@@H](C)OC(=O)[C@@H]2C)O[C@@H](C)[C@@H]1OC(C)=O. The molecule has 0 aromatic carbocycles. The number of carbonyl (C=O) groups is 5. The van der Waals surface area contributed by atoms with E-state index in [-0.39, 0.29) is 37.4 Å². The van der Waals surface area contributed by atoms with Crippen LogP contribution >= 0.6 is 0 Å². The molecule has 0 radical (unpaired) electrons. The second-order valence-electron chi connectivity index (χ2n) is 17.1. The molecular weight excluding hydrogens is 746 g/mol. The van der Waals surface area contributed by atoms with Crippen LogP contribution in [0.5, 0.6) is 0 Å². The Kier molecular flexibility index (Phi) is 16.1. The smallest absolute Gasteiger partial charge is 0.311 e. The normalized spacial score (nSPS) is 43.5. The van der Waals surface area contributed by atoms with Gasteiger partial charge in [0.2, 0.25) is 0 Å². The Morgan fingerprint density at radius 1 is 0.702 bits per heavy atom. The van der Waals surface area contributed by atoms with E-state index in [0.717, 1.165) is 0 Å². The third kappa shape index (κ3) is 11.3. The number of ether oxygens (including phenoxy) is 10. The number of ketones is 1. The minimum Gasteiger partial charge on any atom is -0.462 e. The molecule has 0 aromatic heterocycles. The first-order valence-corrected chi connectivity index (χ1v) is 20.3. The van der Waals surface area contributed by atoms with Crippen LogP contribution in [0.2, 0.25) is 0 Å². The fraction of sp³-hybridized carbons (Fsp3) is 0.878. The van der Waals surface area contributed by atoms with Crippen molar-refractivity contribution in [3.63, 3.8) is 0 Å². The van der Waals surface area contributed by atoms with Crippen LogP contribution in [-0.4, -0.2) is 142 Å². The van der Waals surface area contributed by atoms with E-state index in [0.29, 0.717) is 6.42 Å². The number of Topliss-reactive ketones (excluding diaryl/α,β-unsaturated/α-hetero) is 1. The van der Waals surface area contributed by atoms with Gasteiger partial charge in [-0.1, -0.05) is 27.7 Å². The lowest BCUT2D eigenvalue weighted by Gasteiger charge is -2.46. The van der Waals surface area contributed by atoms with E-state index in [2.05, 4.69) is 0 Å². The number of esters is 4. The van der Waals surface area contributed by atoms with Gasteiger partial charge in [0, 0.05) is 46.1 Å². The van der Waals surface area contributed by atoms with Gasteiger partial charge in [0.1, 0.15) is 18.3 Å². The van der Waals surface area contributed by atoms with Gasteiger partial charge < -0.3 is 52.3 Å². The van der Waals surface area contributed by atoms with Crippen LogP contribution in [0.4, 0.5) is 0 Å². The zero-order chi connectivity index (χ0) is 42.7. The quantitative estimate of drug-likeness (QED) is 0.187. The summed E-state index contributed by atoms with van der Waals surface area (Å²) >= 11 is 0. The van der Waals surface area contributed by atoms with Gasteiger partial charge in [-0.05, 0) is 60.5 Å². The average Bonchev–Trinajstić information content (AvgIpc) is 3.91. The minimum absolute atomic E-state index is 0.162. The van der Waals surface area contributed by atoms with E-state index in [4.69, 9.17) is 47.4 Å². The van der Waals surface area contributed by atoms with Crippen molar-refractivity contribution in [2.45, 2.75) is 175 Å². The fourth-order valence-corrected chi connectivity index (χ4v) is 8.93. The van der Waals surface area contributed by atoms with Crippen molar-refractivity contribution in [3.8, 4) is 0 Å². The molecule has 4 aliphatic rings. The maximum atomic E-state index is 14.4. The van der Waals surface area contributed by atoms with Gasteiger partial charge in [-0.15, -0.1) is 0 Å². The molecule has 57 heavy (non-hydrogen) atoms. The van der Waals surface area contributed by atoms with Gasteiger partial charge >= 0.3 is 23.9 Å². The van der Waals surface area contributed by atoms with Crippen molar-refractivity contribution >= 4 is 29.7 Å². The molecule has 1 spiro atoms. The molecule has 18 atom stereocenters. The Bertz CT molecular complexity index is 1420. The van der Waals surface area contributed by atoms with Crippen molar-refractivity contribution in [2.75, 3.05) is 27.8 Å². The second kappa shape index (κ2) is 19.6. The Labute approximate surface area is 337 Å². The van der Waals surface area contributed by atoms with Crippen molar-refractivity contribution in [1.29, 1.82) is 0 Å². The number of epoxide rings is 1. The van der Waals surface area contributed by atoms with Gasteiger partial charge in [0.15, 0.2) is 36.2 Å². The lowest BCUT2D eigenvalue weighted by molar-refractivity contribution is -0.301. The molecule has 4 fully saturated rings. The van der Waals surface area contributed by atoms with Crippen molar-refractivity contribution in [1.82, 2.24) is 4.90 Å². The number of methoxy groups -OCH3 is 1. The zero-order valence-corrected chi connectivity index (χ0v) is 36.2. The monoisotopic (exact) mass is 813 g/mol. The molecule has 4 aliphatic heterocycles. The number of likely N-dealkylation sites (N-methyl/N-ethyl adjacent to an activating group) is 1. The molecule has 0 N–H and O–H groups in total. The second-order valence-corrected chi connectivity index (χ2v) is 17.1. The maximum Gasteiger partial charge on any atom is 0.311 e. The number of carbonyl (C=O) groups excluding carboxylic acids is 5. The highest BCUT2D eigenvalue weighted by atomic mass is 16.7. The van der Waals surface area contributed by atoms with Crippen LogP contribution < -0.4 is 0 Å². The van der Waals surface area contributed by atoms with E-state index < -0.39 is 120 Å².